The average Bonchev–Trinajstić information content (AvgIpc) is 3.36. The first-order chi connectivity index (χ1) is 11.8. The summed E-state index contributed by atoms with van der Waals surface area (Å²) in [6.45, 7) is 6.26. The first kappa shape index (κ1) is 16.5. The summed E-state index contributed by atoms with van der Waals surface area (Å²) in [4.78, 5) is 6.71. The number of hydrogen-bond acceptors (Lipinski definition) is 4. The topological polar surface area (TPSA) is 34.6 Å². The molecule has 3 fully saturated rings. The summed E-state index contributed by atoms with van der Waals surface area (Å²) in [5.41, 5.74) is 1.36. The van der Waals surface area contributed by atoms with Crippen LogP contribution in [0.3, 0.4) is 0 Å². The van der Waals surface area contributed by atoms with E-state index in [9.17, 15) is 0 Å². The summed E-state index contributed by atoms with van der Waals surface area (Å²) >= 11 is 0. The molecule has 1 spiro atoms. The quantitative estimate of drug-likeness (QED) is 0.719. The predicted octanol–water partition coefficient (Wildman–Crippen LogP) is 3.27. The van der Waals surface area contributed by atoms with Crippen LogP contribution in [0, 0.1) is 11.8 Å². The third kappa shape index (κ3) is 3.98. The van der Waals surface area contributed by atoms with Crippen LogP contribution >= 0.6 is 0 Å². The third-order valence-electron chi connectivity index (χ3n) is 6.14. The summed E-state index contributed by atoms with van der Waals surface area (Å²) in [5, 5.41) is 0. The minimum Gasteiger partial charge on any atom is -0.377 e. The molecule has 1 aliphatic carbocycles. The monoisotopic (exact) mass is 330 g/mol. The Labute approximate surface area is 145 Å². The zero-order valence-electron chi connectivity index (χ0n) is 14.7. The van der Waals surface area contributed by atoms with Crippen molar-refractivity contribution in [1.82, 2.24) is 9.88 Å². The van der Waals surface area contributed by atoms with Crippen LogP contribution in [0.5, 0.6) is 0 Å². The number of likely N-dealkylation sites (tertiary alicyclic amines) is 1. The maximum atomic E-state index is 6.29. The van der Waals surface area contributed by atoms with Gasteiger partial charge >= 0.3 is 0 Å². The smallest absolute Gasteiger partial charge is 0.0736 e. The van der Waals surface area contributed by atoms with E-state index in [1.165, 1.54) is 57.3 Å². The van der Waals surface area contributed by atoms with Gasteiger partial charge in [-0.05, 0) is 68.1 Å². The van der Waals surface area contributed by atoms with Crippen molar-refractivity contribution in [3.8, 4) is 0 Å². The molecular weight excluding hydrogens is 300 g/mol. The van der Waals surface area contributed by atoms with E-state index < -0.39 is 0 Å². The summed E-state index contributed by atoms with van der Waals surface area (Å²) in [5.74, 6) is 1.68. The van der Waals surface area contributed by atoms with Gasteiger partial charge < -0.3 is 14.4 Å². The van der Waals surface area contributed by atoms with Crippen LogP contribution in [0.15, 0.2) is 24.5 Å². The molecule has 0 radical (unpaired) electrons. The molecule has 1 aromatic heterocycles. The molecule has 0 bridgehead atoms. The molecule has 2 aliphatic heterocycles. The fourth-order valence-corrected chi connectivity index (χ4v) is 4.42. The lowest BCUT2D eigenvalue weighted by Crippen LogP contribution is -2.48. The molecule has 3 aliphatic rings. The largest absolute Gasteiger partial charge is 0.377 e. The molecule has 0 N–H and O–H groups in total. The van der Waals surface area contributed by atoms with Gasteiger partial charge in [-0.3, -0.25) is 4.98 Å². The van der Waals surface area contributed by atoms with Crippen molar-refractivity contribution in [2.24, 2.45) is 11.8 Å². The molecule has 4 nitrogen and oxygen atoms in total. The molecule has 3 heterocycles. The van der Waals surface area contributed by atoms with Crippen molar-refractivity contribution in [2.75, 3.05) is 32.8 Å². The summed E-state index contributed by atoms with van der Waals surface area (Å²) in [7, 11) is 0. The molecule has 1 saturated carbocycles. The molecule has 0 amide bonds. The number of pyridine rings is 1. The van der Waals surface area contributed by atoms with E-state index in [0.29, 0.717) is 12.5 Å². The van der Waals surface area contributed by atoms with E-state index in [2.05, 4.69) is 9.88 Å². The standard InChI is InChI=1S/C20H30N2O2/c1-2-17(1)15-22-11-7-20(8-12-22)19(6-14-24-20)5-13-23-16-18-3-9-21-10-4-18/h3-4,9-10,17,19H,1-2,5-8,11-16H2/t19-/m1/s1. The van der Waals surface area contributed by atoms with Gasteiger partial charge in [-0.1, -0.05) is 0 Å². The van der Waals surface area contributed by atoms with Gasteiger partial charge in [-0.25, -0.2) is 0 Å². The van der Waals surface area contributed by atoms with Gasteiger partial charge in [0.25, 0.3) is 0 Å². The van der Waals surface area contributed by atoms with Gasteiger partial charge in [0, 0.05) is 45.2 Å². The first-order valence-electron chi connectivity index (χ1n) is 9.67. The Morgan fingerprint density at radius 1 is 1.17 bits per heavy atom. The third-order valence-corrected chi connectivity index (χ3v) is 6.14. The van der Waals surface area contributed by atoms with E-state index in [1.807, 2.05) is 24.5 Å². The minimum atomic E-state index is 0.153. The highest BCUT2D eigenvalue weighted by Crippen LogP contribution is 2.43. The Morgan fingerprint density at radius 3 is 2.71 bits per heavy atom. The highest BCUT2D eigenvalue weighted by Gasteiger charge is 2.46. The van der Waals surface area contributed by atoms with E-state index >= 15 is 0 Å². The number of hydrogen-bond donors (Lipinski definition) is 0. The predicted molar refractivity (Wildman–Crippen MR) is 93.7 cm³/mol. The van der Waals surface area contributed by atoms with Gasteiger partial charge in [-0.15, -0.1) is 0 Å². The Bertz CT molecular complexity index is 510. The van der Waals surface area contributed by atoms with Crippen molar-refractivity contribution in [3.63, 3.8) is 0 Å². The number of ether oxygens (including phenoxy) is 2. The molecular formula is C20H30N2O2. The van der Waals surface area contributed by atoms with Crippen LogP contribution in [-0.2, 0) is 16.1 Å². The molecule has 0 aromatic carbocycles. The molecule has 132 valence electrons. The summed E-state index contributed by atoms with van der Waals surface area (Å²) in [6.07, 6.45) is 11.3. The number of rotatable bonds is 7. The Balaban J connectivity index is 1.21. The maximum Gasteiger partial charge on any atom is 0.0736 e. The Kier molecular flexibility index (Phi) is 5.16. The second kappa shape index (κ2) is 7.51. The maximum absolute atomic E-state index is 6.29. The van der Waals surface area contributed by atoms with Crippen molar-refractivity contribution in [2.45, 2.75) is 50.7 Å². The molecule has 1 atom stereocenters. The lowest BCUT2D eigenvalue weighted by molar-refractivity contribution is -0.0726. The summed E-state index contributed by atoms with van der Waals surface area (Å²) < 4.78 is 12.2. The summed E-state index contributed by atoms with van der Waals surface area (Å²) in [6, 6.07) is 4.05. The van der Waals surface area contributed by atoms with Crippen molar-refractivity contribution < 1.29 is 9.47 Å². The average molecular weight is 330 g/mol. The van der Waals surface area contributed by atoms with Crippen LogP contribution in [-0.4, -0.2) is 48.3 Å². The number of piperidine rings is 1. The lowest BCUT2D eigenvalue weighted by Gasteiger charge is -2.42. The fourth-order valence-electron chi connectivity index (χ4n) is 4.42. The highest BCUT2D eigenvalue weighted by molar-refractivity contribution is 5.07. The van der Waals surface area contributed by atoms with Crippen molar-refractivity contribution in [1.29, 1.82) is 0 Å². The van der Waals surface area contributed by atoms with Crippen LogP contribution in [0.1, 0.15) is 44.1 Å². The van der Waals surface area contributed by atoms with E-state index in [-0.39, 0.29) is 5.60 Å². The van der Waals surface area contributed by atoms with Crippen LogP contribution in [0.4, 0.5) is 0 Å². The zero-order chi connectivity index (χ0) is 16.2. The van der Waals surface area contributed by atoms with Crippen molar-refractivity contribution in [3.05, 3.63) is 30.1 Å². The molecule has 2 saturated heterocycles. The molecule has 24 heavy (non-hydrogen) atoms. The van der Waals surface area contributed by atoms with Gasteiger partial charge in [0.2, 0.25) is 0 Å². The van der Waals surface area contributed by atoms with E-state index in [0.717, 1.165) is 25.6 Å². The zero-order valence-corrected chi connectivity index (χ0v) is 14.7. The Morgan fingerprint density at radius 2 is 1.96 bits per heavy atom. The highest BCUT2D eigenvalue weighted by atomic mass is 16.5. The molecule has 4 heteroatoms. The van der Waals surface area contributed by atoms with Crippen LogP contribution in [0.25, 0.3) is 0 Å². The normalized spacial score (nSPS) is 26.9. The van der Waals surface area contributed by atoms with Gasteiger partial charge in [0.15, 0.2) is 0 Å². The van der Waals surface area contributed by atoms with E-state index in [4.69, 9.17) is 9.47 Å². The Hall–Kier alpha value is -0.970. The fraction of sp³-hybridized carbons (Fsp3) is 0.750. The molecule has 4 rings (SSSR count). The molecule has 0 unspecified atom stereocenters. The number of aromatic nitrogens is 1. The lowest BCUT2D eigenvalue weighted by atomic mass is 9.78. The van der Waals surface area contributed by atoms with Crippen molar-refractivity contribution >= 4 is 0 Å². The van der Waals surface area contributed by atoms with Crippen LogP contribution in [0.2, 0.25) is 0 Å². The van der Waals surface area contributed by atoms with Crippen LogP contribution < -0.4 is 0 Å². The van der Waals surface area contributed by atoms with Gasteiger partial charge in [-0.2, -0.15) is 0 Å². The van der Waals surface area contributed by atoms with Gasteiger partial charge in [0.1, 0.15) is 0 Å². The second-order valence-electron chi connectivity index (χ2n) is 7.84. The minimum absolute atomic E-state index is 0.153. The first-order valence-corrected chi connectivity index (χ1v) is 9.67. The number of nitrogens with zero attached hydrogens (tertiary/aromatic N) is 2. The molecule has 1 aromatic rings. The second-order valence-corrected chi connectivity index (χ2v) is 7.84. The van der Waals surface area contributed by atoms with Gasteiger partial charge in [0.05, 0.1) is 12.2 Å². The van der Waals surface area contributed by atoms with E-state index in [1.54, 1.807) is 0 Å². The SMILES string of the molecule is c1cc(COCC[C@@H]2CCOC23CCN(CC2CC2)CC3)ccn1.